The number of rotatable bonds is 5. The molecule has 1 atom stereocenters. The van der Waals surface area contributed by atoms with E-state index in [-0.39, 0.29) is 0 Å². The van der Waals surface area contributed by atoms with Gasteiger partial charge in [0.1, 0.15) is 17.5 Å². The average Bonchev–Trinajstić information content (AvgIpc) is 2.88. The standard InChI is InChI=1S/C15H26N4/c1-5-6-13-17-14(16-4)9-15(18-13)19-8-7-12(10-19)11(2)3/h9,11-12H,5-8,10H2,1-4H3,(H,16,17,18). The van der Waals surface area contributed by atoms with Crippen LogP contribution in [0.3, 0.4) is 0 Å². The van der Waals surface area contributed by atoms with Gasteiger partial charge in [0.2, 0.25) is 0 Å². The van der Waals surface area contributed by atoms with E-state index >= 15 is 0 Å². The molecule has 4 heteroatoms. The van der Waals surface area contributed by atoms with Crippen LogP contribution in [0.5, 0.6) is 0 Å². The minimum atomic E-state index is 0.755. The first-order valence-electron chi connectivity index (χ1n) is 7.44. The Balaban J connectivity index is 2.17. The quantitative estimate of drug-likeness (QED) is 0.886. The molecule has 0 bridgehead atoms. The molecule has 1 aromatic rings. The summed E-state index contributed by atoms with van der Waals surface area (Å²) in [7, 11) is 1.92. The zero-order valence-electron chi connectivity index (χ0n) is 12.6. The molecule has 1 saturated heterocycles. The maximum absolute atomic E-state index is 4.72. The normalized spacial score (nSPS) is 19.2. The van der Waals surface area contributed by atoms with Gasteiger partial charge in [0.15, 0.2) is 0 Å². The van der Waals surface area contributed by atoms with Crippen molar-refractivity contribution in [3.63, 3.8) is 0 Å². The fourth-order valence-corrected chi connectivity index (χ4v) is 2.65. The van der Waals surface area contributed by atoms with Gasteiger partial charge in [-0.25, -0.2) is 9.97 Å². The summed E-state index contributed by atoms with van der Waals surface area (Å²) in [6.45, 7) is 9.04. The van der Waals surface area contributed by atoms with Crippen LogP contribution >= 0.6 is 0 Å². The van der Waals surface area contributed by atoms with Crippen molar-refractivity contribution in [2.75, 3.05) is 30.4 Å². The molecule has 1 aliphatic heterocycles. The summed E-state index contributed by atoms with van der Waals surface area (Å²) in [5.74, 6) is 4.53. The largest absolute Gasteiger partial charge is 0.373 e. The Bertz CT molecular complexity index is 417. The molecule has 1 N–H and O–H groups in total. The van der Waals surface area contributed by atoms with E-state index in [0.29, 0.717) is 0 Å². The first-order valence-corrected chi connectivity index (χ1v) is 7.44. The van der Waals surface area contributed by atoms with Gasteiger partial charge in [0.05, 0.1) is 0 Å². The third-order valence-electron chi connectivity index (χ3n) is 3.98. The maximum atomic E-state index is 4.72. The van der Waals surface area contributed by atoms with Gasteiger partial charge < -0.3 is 10.2 Å². The van der Waals surface area contributed by atoms with Gasteiger partial charge in [-0.3, -0.25) is 0 Å². The second-order valence-electron chi connectivity index (χ2n) is 5.77. The smallest absolute Gasteiger partial charge is 0.134 e. The van der Waals surface area contributed by atoms with Crippen molar-refractivity contribution in [2.45, 2.75) is 40.0 Å². The molecule has 4 nitrogen and oxygen atoms in total. The predicted octanol–water partition coefficient (Wildman–Crippen LogP) is 2.95. The number of aryl methyl sites for hydroxylation is 1. The molecule has 0 aromatic carbocycles. The summed E-state index contributed by atoms with van der Waals surface area (Å²) >= 11 is 0. The summed E-state index contributed by atoms with van der Waals surface area (Å²) in [5, 5.41) is 3.15. The lowest BCUT2D eigenvalue weighted by Crippen LogP contribution is -2.23. The molecule has 19 heavy (non-hydrogen) atoms. The van der Waals surface area contributed by atoms with Crippen LogP contribution in [0.2, 0.25) is 0 Å². The molecule has 2 heterocycles. The Kier molecular flexibility index (Phi) is 4.61. The van der Waals surface area contributed by atoms with Gasteiger partial charge in [-0.2, -0.15) is 0 Å². The molecule has 106 valence electrons. The number of hydrogen-bond acceptors (Lipinski definition) is 4. The Morgan fingerprint density at radius 1 is 1.42 bits per heavy atom. The number of hydrogen-bond donors (Lipinski definition) is 1. The molecular formula is C15H26N4. The number of nitrogens with zero attached hydrogens (tertiary/aromatic N) is 3. The summed E-state index contributed by atoms with van der Waals surface area (Å²) in [6.07, 6.45) is 3.31. The highest BCUT2D eigenvalue weighted by atomic mass is 15.2. The average molecular weight is 262 g/mol. The van der Waals surface area contributed by atoms with Crippen molar-refractivity contribution < 1.29 is 0 Å². The number of anilines is 2. The minimum Gasteiger partial charge on any atom is -0.373 e. The van der Waals surface area contributed by atoms with Gasteiger partial charge in [-0.05, 0) is 24.7 Å². The van der Waals surface area contributed by atoms with Crippen molar-refractivity contribution in [1.29, 1.82) is 0 Å². The van der Waals surface area contributed by atoms with Crippen molar-refractivity contribution >= 4 is 11.6 Å². The lowest BCUT2D eigenvalue weighted by atomic mass is 9.95. The van der Waals surface area contributed by atoms with Crippen LogP contribution in [-0.2, 0) is 6.42 Å². The van der Waals surface area contributed by atoms with Crippen molar-refractivity contribution in [3.8, 4) is 0 Å². The predicted molar refractivity (Wildman–Crippen MR) is 80.7 cm³/mol. The SMILES string of the molecule is CCCc1nc(NC)cc(N2CCC(C(C)C)C2)n1. The molecular weight excluding hydrogens is 236 g/mol. The van der Waals surface area contributed by atoms with E-state index in [1.165, 1.54) is 6.42 Å². The van der Waals surface area contributed by atoms with E-state index in [1.54, 1.807) is 0 Å². The van der Waals surface area contributed by atoms with Gasteiger partial charge in [-0.15, -0.1) is 0 Å². The van der Waals surface area contributed by atoms with Crippen molar-refractivity contribution in [1.82, 2.24) is 9.97 Å². The van der Waals surface area contributed by atoms with E-state index in [0.717, 1.165) is 55.2 Å². The first kappa shape index (κ1) is 14.1. The van der Waals surface area contributed by atoms with E-state index in [2.05, 4.69) is 42.0 Å². The highest BCUT2D eigenvalue weighted by Gasteiger charge is 2.26. The monoisotopic (exact) mass is 262 g/mol. The Morgan fingerprint density at radius 2 is 2.21 bits per heavy atom. The lowest BCUT2D eigenvalue weighted by molar-refractivity contribution is 0.422. The van der Waals surface area contributed by atoms with E-state index in [4.69, 9.17) is 4.98 Å². The second-order valence-corrected chi connectivity index (χ2v) is 5.77. The molecule has 1 unspecified atom stereocenters. The van der Waals surface area contributed by atoms with E-state index in [9.17, 15) is 0 Å². The van der Waals surface area contributed by atoms with Crippen LogP contribution in [0, 0.1) is 11.8 Å². The Labute approximate surface area is 116 Å². The number of nitrogens with one attached hydrogen (secondary N) is 1. The topological polar surface area (TPSA) is 41.1 Å². The molecule has 0 radical (unpaired) electrons. The molecule has 1 aromatic heterocycles. The van der Waals surface area contributed by atoms with Crippen LogP contribution in [-0.4, -0.2) is 30.1 Å². The fraction of sp³-hybridized carbons (Fsp3) is 0.733. The Hall–Kier alpha value is -1.32. The fourth-order valence-electron chi connectivity index (χ4n) is 2.65. The minimum absolute atomic E-state index is 0.755. The third kappa shape index (κ3) is 3.37. The number of aromatic nitrogens is 2. The van der Waals surface area contributed by atoms with Crippen molar-refractivity contribution in [3.05, 3.63) is 11.9 Å². The van der Waals surface area contributed by atoms with Gasteiger partial charge in [-0.1, -0.05) is 20.8 Å². The van der Waals surface area contributed by atoms with E-state index in [1.807, 2.05) is 7.05 Å². The van der Waals surface area contributed by atoms with Crippen LogP contribution < -0.4 is 10.2 Å². The lowest BCUT2D eigenvalue weighted by Gasteiger charge is -2.20. The van der Waals surface area contributed by atoms with Gasteiger partial charge in [0.25, 0.3) is 0 Å². The van der Waals surface area contributed by atoms with Crippen molar-refractivity contribution in [2.24, 2.45) is 11.8 Å². The van der Waals surface area contributed by atoms with E-state index < -0.39 is 0 Å². The molecule has 0 aliphatic carbocycles. The van der Waals surface area contributed by atoms with Gasteiger partial charge in [0, 0.05) is 32.6 Å². The molecule has 1 aliphatic rings. The Morgan fingerprint density at radius 3 is 2.79 bits per heavy atom. The summed E-state index contributed by atoms with van der Waals surface area (Å²) < 4.78 is 0. The first-order chi connectivity index (χ1) is 9.13. The molecule has 0 saturated carbocycles. The highest BCUT2D eigenvalue weighted by Crippen LogP contribution is 2.28. The van der Waals surface area contributed by atoms with Crippen LogP contribution in [0.15, 0.2) is 6.07 Å². The summed E-state index contributed by atoms with van der Waals surface area (Å²) in [4.78, 5) is 11.6. The second kappa shape index (κ2) is 6.22. The van der Waals surface area contributed by atoms with Crippen LogP contribution in [0.4, 0.5) is 11.6 Å². The summed E-state index contributed by atoms with van der Waals surface area (Å²) in [5.41, 5.74) is 0. The van der Waals surface area contributed by atoms with Crippen LogP contribution in [0.25, 0.3) is 0 Å². The zero-order valence-corrected chi connectivity index (χ0v) is 12.6. The molecule has 0 amide bonds. The molecule has 2 rings (SSSR count). The maximum Gasteiger partial charge on any atom is 0.134 e. The molecule has 1 fully saturated rings. The highest BCUT2D eigenvalue weighted by molar-refractivity contribution is 5.49. The van der Waals surface area contributed by atoms with Crippen LogP contribution in [0.1, 0.15) is 39.4 Å². The summed E-state index contributed by atoms with van der Waals surface area (Å²) in [6, 6.07) is 2.07. The molecule has 0 spiro atoms. The zero-order chi connectivity index (χ0) is 13.8. The third-order valence-corrected chi connectivity index (χ3v) is 3.98. The van der Waals surface area contributed by atoms with Gasteiger partial charge >= 0.3 is 0 Å².